The van der Waals surface area contributed by atoms with Crippen molar-refractivity contribution in [2.45, 2.75) is 0 Å². The van der Waals surface area contributed by atoms with Crippen LogP contribution in [0.5, 0.6) is 0 Å². The van der Waals surface area contributed by atoms with E-state index in [1.54, 1.807) is 0 Å². The fourth-order valence-electron chi connectivity index (χ4n) is 8.99. The van der Waals surface area contributed by atoms with Crippen LogP contribution in [0, 0.1) is 0 Å². The van der Waals surface area contributed by atoms with E-state index in [0.29, 0.717) is 0 Å². The zero-order valence-corrected chi connectivity index (χ0v) is 31.8. The van der Waals surface area contributed by atoms with Gasteiger partial charge in [-0.2, -0.15) is 0 Å². The Morgan fingerprint density at radius 2 is 0.724 bits per heavy atom. The second kappa shape index (κ2) is 14.1. The van der Waals surface area contributed by atoms with Crippen LogP contribution in [0.25, 0.3) is 82.4 Å². The molecule has 0 aliphatic rings. The molecule has 0 bridgehead atoms. The number of fused-ring (bicyclic) bond motifs is 6. The lowest BCUT2D eigenvalue weighted by Gasteiger charge is -2.27. The molecule has 272 valence electrons. The molecule has 2 heteroatoms. The van der Waals surface area contributed by atoms with E-state index < -0.39 is 0 Å². The molecule has 0 fully saturated rings. The number of hydrogen-bond donors (Lipinski definition) is 0. The first-order chi connectivity index (χ1) is 28.8. The molecule has 0 saturated carbocycles. The number of hydrogen-bond acceptors (Lipinski definition) is 1. The van der Waals surface area contributed by atoms with Crippen LogP contribution in [-0.2, 0) is 0 Å². The van der Waals surface area contributed by atoms with E-state index in [-0.39, 0.29) is 0 Å². The summed E-state index contributed by atoms with van der Waals surface area (Å²) in [5, 5.41) is 7.38. The van der Waals surface area contributed by atoms with E-state index in [1.165, 1.54) is 76.7 Å². The average molecular weight is 739 g/mol. The Kier molecular flexibility index (Phi) is 8.19. The van der Waals surface area contributed by atoms with Gasteiger partial charge >= 0.3 is 0 Å². The van der Waals surface area contributed by atoms with Gasteiger partial charge in [0.2, 0.25) is 0 Å². The topological polar surface area (TPSA) is 8.17 Å². The van der Waals surface area contributed by atoms with E-state index in [0.717, 1.165) is 22.7 Å². The van der Waals surface area contributed by atoms with Gasteiger partial charge in [0.1, 0.15) is 0 Å². The standard InChI is InChI=1S/C56H38N2/c1-5-18-39(19-6-1)42-24-17-27-44(36-42)57(46-33-35-54-51(37-46)49-29-15-16-31-53(49)58(54)43-25-11-4-12-26-43)45-32-34-48-47-28-13-14-30-50(47)55(40-20-7-2-8-21-40)56(52(48)38-45)41-22-9-3-10-23-41/h1-38H. The molecule has 11 aromatic rings. The number of para-hydroxylation sites is 2. The molecule has 0 radical (unpaired) electrons. The second-order valence-electron chi connectivity index (χ2n) is 14.9. The van der Waals surface area contributed by atoms with Crippen LogP contribution in [0.1, 0.15) is 0 Å². The molecule has 0 atom stereocenters. The van der Waals surface area contributed by atoms with Crippen LogP contribution < -0.4 is 4.90 Å². The molecule has 0 aliphatic carbocycles. The minimum Gasteiger partial charge on any atom is -0.310 e. The summed E-state index contributed by atoms with van der Waals surface area (Å²) in [5.41, 5.74) is 14.1. The Hall–Kier alpha value is -7.68. The number of aromatic nitrogens is 1. The van der Waals surface area contributed by atoms with Gasteiger partial charge < -0.3 is 9.47 Å². The van der Waals surface area contributed by atoms with Crippen LogP contribution >= 0.6 is 0 Å². The van der Waals surface area contributed by atoms with Crippen molar-refractivity contribution >= 4 is 60.4 Å². The number of benzene rings is 10. The molecule has 11 rings (SSSR count). The fraction of sp³-hybridized carbons (Fsp3) is 0. The molecule has 1 aromatic heterocycles. The predicted octanol–water partition coefficient (Wildman–Crippen LogP) is 15.6. The predicted molar refractivity (Wildman–Crippen MR) is 247 cm³/mol. The Labute approximate surface area is 338 Å². The lowest BCUT2D eigenvalue weighted by atomic mass is 9.85. The van der Waals surface area contributed by atoms with Gasteiger partial charge in [0, 0.05) is 33.5 Å². The molecule has 0 unspecified atom stereocenters. The van der Waals surface area contributed by atoms with Crippen molar-refractivity contribution in [3.63, 3.8) is 0 Å². The number of rotatable bonds is 7. The zero-order chi connectivity index (χ0) is 38.4. The monoisotopic (exact) mass is 738 g/mol. The first-order valence-corrected chi connectivity index (χ1v) is 19.9. The molecule has 0 aliphatic heterocycles. The van der Waals surface area contributed by atoms with Gasteiger partial charge in [-0.3, -0.25) is 0 Å². The first-order valence-electron chi connectivity index (χ1n) is 19.9. The quantitative estimate of drug-likeness (QED) is 0.148. The van der Waals surface area contributed by atoms with E-state index >= 15 is 0 Å². The third kappa shape index (κ3) is 5.66. The van der Waals surface area contributed by atoms with Crippen molar-refractivity contribution in [2.75, 3.05) is 4.90 Å². The SMILES string of the molecule is c1ccc(-c2cccc(N(c3ccc4c(c3)c(-c3ccccc3)c(-c3ccccc3)c3ccccc34)c3ccc4c(c3)c3ccccc3n4-c3ccccc3)c2)cc1. The third-order valence-electron chi connectivity index (χ3n) is 11.5. The minimum atomic E-state index is 1.09. The maximum atomic E-state index is 2.44. The van der Waals surface area contributed by atoms with Crippen LogP contribution in [-0.4, -0.2) is 4.57 Å². The van der Waals surface area contributed by atoms with Gasteiger partial charge in [-0.1, -0.05) is 170 Å². The van der Waals surface area contributed by atoms with Crippen molar-refractivity contribution in [2.24, 2.45) is 0 Å². The van der Waals surface area contributed by atoms with Gasteiger partial charge in [0.05, 0.1) is 11.0 Å². The summed E-state index contributed by atoms with van der Waals surface area (Å²) >= 11 is 0. The minimum absolute atomic E-state index is 1.09. The van der Waals surface area contributed by atoms with Crippen molar-refractivity contribution < 1.29 is 0 Å². The van der Waals surface area contributed by atoms with Gasteiger partial charge in [-0.05, 0) is 116 Å². The van der Waals surface area contributed by atoms with Crippen LogP contribution in [0.15, 0.2) is 231 Å². The van der Waals surface area contributed by atoms with Crippen molar-refractivity contribution in [1.82, 2.24) is 4.57 Å². The van der Waals surface area contributed by atoms with E-state index in [2.05, 4.69) is 240 Å². The molecule has 0 amide bonds. The summed E-state index contributed by atoms with van der Waals surface area (Å²) in [6, 6.07) is 83.7. The molecule has 0 saturated heterocycles. The highest BCUT2D eigenvalue weighted by Crippen LogP contribution is 2.47. The highest BCUT2D eigenvalue weighted by Gasteiger charge is 2.22. The average Bonchev–Trinajstić information content (AvgIpc) is 3.63. The highest BCUT2D eigenvalue weighted by molar-refractivity contribution is 6.22. The lowest BCUT2D eigenvalue weighted by molar-refractivity contribution is 1.18. The molecule has 58 heavy (non-hydrogen) atoms. The summed E-state index contributed by atoms with van der Waals surface area (Å²) in [6.07, 6.45) is 0. The summed E-state index contributed by atoms with van der Waals surface area (Å²) in [5.74, 6) is 0. The van der Waals surface area contributed by atoms with Crippen LogP contribution in [0.2, 0.25) is 0 Å². The highest BCUT2D eigenvalue weighted by atomic mass is 15.1. The number of anilines is 3. The van der Waals surface area contributed by atoms with E-state index in [1.807, 2.05) is 0 Å². The molecule has 0 N–H and O–H groups in total. The Balaban J connectivity index is 1.21. The Morgan fingerprint density at radius 3 is 1.41 bits per heavy atom. The number of nitrogens with zero attached hydrogens (tertiary/aromatic N) is 2. The second-order valence-corrected chi connectivity index (χ2v) is 14.9. The molecule has 2 nitrogen and oxygen atoms in total. The van der Waals surface area contributed by atoms with Crippen molar-refractivity contribution in [1.29, 1.82) is 0 Å². The zero-order valence-electron chi connectivity index (χ0n) is 31.8. The van der Waals surface area contributed by atoms with Gasteiger partial charge in [-0.15, -0.1) is 0 Å². The normalized spacial score (nSPS) is 11.4. The summed E-state index contributed by atoms with van der Waals surface area (Å²) in [6.45, 7) is 0. The van der Waals surface area contributed by atoms with E-state index in [9.17, 15) is 0 Å². The Morgan fingerprint density at radius 1 is 0.259 bits per heavy atom. The van der Waals surface area contributed by atoms with Crippen LogP contribution in [0.3, 0.4) is 0 Å². The van der Waals surface area contributed by atoms with Crippen molar-refractivity contribution in [3.8, 4) is 39.1 Å². The fourth-order valence-corrected chi connectivity index (χ4v) is 8.99. The molecular weight excluding hydrogens is 701 g/mol. The largest absolute Gasteiger partial charge is 0.310 e. The molecule has 1 heterocycles. The third-order valence-corrected chi connectivity index (χ3v) is 11.5. The lowest BCUT2D eigenvalue weighted by Crippen LogP contribution is -2.10. The maximum absolute atomic E-state index is 2.44. The molecule has 10 aromatic carbocycles. The van der Waals surface area contributed by atoms with Gasteiger partial charge in [0.25, 0.3) is 0 Å². The first kappa shape index (κ1) is 33.6. The van der Waals surface area contributed by atoms with Gasteiger partial charge in [0.15, 0.2) is 0 Å². The summed E-state index contributed by atoms with van der Waals surface area (Å²) in [7, 11) is 0. The maximum Gasteiger partial charge on any atom is 0.0542 e. The molecule has 0 spiro atoms. The van der Waals surface area contributed by atoms with Crippen LogP contribution in [0.4, 0.5) is 17.1 Å². The van der Waals surface area contributed by atoms with Crippen molar-refractivity contribution in [3.05, 3.63) is 231 Å². The summed E-state index contributed by atoms with van der Waals surface area (Å²) in [4.78, 5) is 2.44. The van der Waals surface area contributed by atoms with Gasteiger partial charge in [-0.25, -0.2) is 0 Å². The summed E-state index contributed by atoms with van der Waals surface area (Å²) < 4.78 is 2.38. The molecular formula is C56H38N2. The van der Waals surface area contributed by atoms with E-state index in [4.69, 9.17) is 0 Å². The Bertz CT molecular complexity index is 3260. The smallest absolute Gasteiger partial charge is 0.0542 e.